The summed E-state index contributed by atoms with van der Waals surface area (Å²) < 4.78 is 62.5. The minimum absolute atomic E-state index is 0.0692. The Hall–Kier alpha value is -4.18. The van der Waals surface area contributed by atoms with Gasteiger partial charge in [-0.05, 0) is 41.0 Å². The Morgan fingerprint density at radius 2 is 1.59 bits per heavy atom. The topological polar surface area (TPSA) is 70.4 Å². The van der Waals surface area contributed by atoms with Crippen molar-refractivity contribution in [1.29, 1.82) is 0 Å². The molecule has 2 amide bonds. The van der Waals surface area contributed by atoms with E-state index in [1.807, 2.05) is 30.3 Å². The third-order valence-electron chi connectivity index (χ3n) is 7.43. The predicted molar refractivity (Wildman–Crippen MR) is 134 cm³/mol. The van der Waals surface area contributed by atoms with E-state index in [2.05, 4.69) is 15.6 Å². The highest BCUT2D eigenvalue weighted by molar-refractivity contribution is 5.79. The highest BCUT2D eigenvalue weighted by Crippen LogP contribution is 2.42. The zero-order valence-electron chi connectivity index (χ0n) is 20.6. The first-order valence-corrected chi connectivity index (χ1v) is 12.5. The van der Waals surface area contributed by atoms with Gasteiger partial charge in [0.1, 0.15) is 34.9 Å². The second-order valence-corrected chi connectivity index (χ2v) is 9.97. The standard InChI is InChI=1S/C29H24F4N4O2/c30-20-6-18(7-21(31)11-20)8-24-15-39-27(35-24)29(19-9-22(32)12-23(33)10-19)16-34-13-25-26(29)36-28(38)37(25)14-17-4-2-1-3-5-17/h1-7,9-12,15,25-26,34H,8,13-14,16H2,(H,36,38). The van der Waals surface area contributed by atoms with Crippen molar-refractivity contribution < 1.29 is 26.8 Å². The second kappa shape index (κ2) is 9.85. The summed E-state index contributed by atoms with van der Waals surface area (Å²) in [5, 5.41) is 6.35. The van der Waals surface area contributed by atoms with Crippen LogP contribution in [-0.2, 0) is 18.4 Å². The van der Waals surface area contributed by atoms with E-state index in [9.17, 15) is 22.4 Å². The number of benzene rings is 3. The van der Waals surface area contributed by atoms with Gasteiger partial charge in [-0.2, -0.15) is 0 Å². The summed E-state index contributed by atoms with van der Waals surface area (Å²) in [6.07, 6.45) is 1.43. The lowest BCUT2D eigenvalue weighted by Gasteiger charge is -2.44. The van der Waals surface area contributed by atoms with Gasteiger partial charge in [-0.1, -0.05) is 30.3 Å². The number of fused-ring (bicyclic) bond motifs is 1. The number of amides is 2. The van der Waals surface area contributed by atoms with Crippen LogP contribution in [0.25, 0.3) is 0 Å². The Bertz CT molecular complexity index is 1490. The average Bonchev–Trinajstić information content (AvgIpc) is 3.48. The number of halogens is 4. The van der Waals surface area contributed by atoms with Crippen molar-refractivity contribution in [1.82, 2.24) is 20.5 Å². The molecule has 3 aromatic carbocycles. The van der Waals surface area contributed by atoms with Crippen molar-refractivity contribution in [2.75, 3.05) is 13.1 Å². The van der Waals surface area contributed by atoms with Gasteiger partial charge >= 0.3 is 6.03 Å². The van der Waals surface area contributed by atoms with Gasteiger partial charge in [0, 0.05) is 38.2 Å². The molecule has 6 nitrogen and oxygen atoms in total. The molecule has 0 aliphatic carbocycles. The van der Waals surface area contributed by atoms with Crippen LogP contribution in [0, 0.1) is 23.3 Å². The van der Waals surface area contributed by atoms with Crippen LogP contribution in [0.5, 0.6) is 0 Å². The number of piperidine rings is 1. The molecular formula is C29H24F4N4O2. The normalized spacial score (nSPS) is 22.6. The maximum Gasteiger partial charge on any atom is 0.318 e. The van der Waals surface area contributed by atoms with E-state index in [1.54, 1.807) is 4.90 Å². The molecule has 3 unspecified atom stereocenters. The van der Waals surface area contributed by atoms with Crippen LogP contribution in [0.4, 0.5) is 22.4 Å². The summed E-state index contributed by atoms with van der Waals surface area (Å²) in [6, 6.07) is 14.5. The quantitative estimate of drug-likeness (QED) is 0.352. The van der Waals surface area contributed by atoms with Gasteiger partial charge in [-0.15, -0.1) is 0 Å². The van der Waals surface area contributed by atoms with E-state index in [0.717, 1.165) is 17.7 Å². The highest BCUT2D eigenvalue weighted by Gasteiger charge is 2.57. The van der Waals surface area contributed by atoms with Gasteiger partial charge in [-0.3, -0.25) is 0 Å². The van der Waals surface area contributed by atoms with Crippen molar-refractivity contribution in [2.24, 2.45) is 0 Å². The molecule has 3 heterocycles. The lowest BCUT2D eigenvalue weighted by atomic mass is 9.69. The van der Waals surface area contributed by atoms with Gasteiger partial charge in [0.2, 0.25) is 5.89 Å². The van der Waals surface area contributed by atoms with Crippen molar-refractivity contribution in [3.8, 4) is 0 Å². The van der Waals surface area contributed by atoms with E-state index in [0.29, 0.717) is 24.3 Å². The Balaban J connectivity index is 1.42. The van der Waals surface area contributed by atoms with E-state index < -0.39 is 40.8 Å². The molecular weight excluding hydrogens is 512 g/mol. The Kier molecular flexibility index (Phi) is 6.34. The lowest BCUT2D eigenvalue weighted by Crippen LogP contribution is -2.64. The highest BCUT2D eigenvalue weighted by atomic mass is 19.1. The van der Waals surface area contributed by atoms with Crippen LogP contribution in [0.1, 0.15) is 28.3 Å². The monoisotopic (exact) mass is 536 g/mol. The summed E-state index contributed by atoms with van der Waals surface area (Å²) in [5.74, 6) is -2.86. The molecule has 0 radical (unpaired) electrons. The first kappa shape index (κ1) is 25.1. The minimum atomic E-state index is -1.28. The number of urea groups is 1. The second-order valence-electron chi connectivity index (χ2n) is 9.97. The maximum atomic E-state index is 14.5. The molecule has 1 aromatic heterocycles. The predicted octanol–water partition coefficient (Wildman–Crippen LogP) is 4.67. The molecule has 2 fully saturated rings. The summed E-state index contributed by atoms with van der Waals surface area (Å²) in [5.41, 5.74) is 0.620. The van der Waals surface area contributed by atoms with E-state index in [4.69, 9.17) is 4.42 Å². The van der Waals surface area contributed by atoms with Crippen molar-refractivity contribution in [3.05, 3.63) is 125 Å². The van der Waals surface area contributed by atoms with Crippen LogP contribution < -0.4 is 10.6 Å². The number of aromatic nitrogens is 1. The van der Waals surface area contributed by atoms with Crippen LogP contribution in [0.2, 0.25) is 0 Å². The first-order valence-electron chi connectivity index (χ1n) is 12.5. The average molecular weight is 537 g/mol. The SMILES string of the molecule is O=C1NC2C(CNCC2(c2cc(F)cc(F)c2)c2nc(Cc3cc(F)cc(F)c3)co2)N1Cc1ccccc1. The number of rotatable bonds is 6. The molecule has 6 rings (SSSR count). The molecule has 2 N–H and O–H groups in total. The molecule has 10 heteroatoms. The molecule has 2 saturated heterocycles. The number of hydrogen-bond acceptors (Lipinski definition) is 4. The number of carbonyl (C=O) groups excluding carboxylic acids is 1. The van der Waals surface area contributed by atoms with Crippen molar-refractivity contribution in [3.63, 3.8) is 0 Å². The van der Waals surface area contributed by atoms with Gasteiger partial charge in [0.25, 0.3) is 0 Å². The first-order chi connectivity index (χ1) is 18.8. The van der Waals surface area contributed by atoms with E-state index in [-0.39, 0.29) is 30.5 Å². The molecule has 0 spiro atoms. The molecule has 39 heavy (non-hydrogen) atoms. The Morgan fingerprint density at radius 1 is 0.923 bits per heavy atom. The van der Waals surface area contributed by atoms with E-state index >= 15 is 0 Å². The van der Waals surface area contributed by atoms with Gasteiger partial charge in [-0.25, -0.2) is 27.3 Å². The Morgan fingerprint density at radius 3 is 2.28 bits per heavy atom. The summed E-state index contributed by atoms with van der Waals surface area (Å²) in [7, 11) is 0. The third-order valence-corrected chi connectivity index (χ3v) is 7.43. The van der Waals surface area contributed by atoms with Crippen molar-refractivity contribution >= 4 is 6.03 Å². The summed E-state index contributed by atoms with van der Waals surface area (Å²) in [4.78, 5) is 19.6. The number of oxazole rings is 1. The lowest BCUT2D eigenvalue weighted by molar-refractivity contribution is 0.161. The minimum Gasteiger partial charge on any atom is -0.448 e. The third kappa shape index (κ3) is 4.65. The van der Waals surface area contributed by atoms with Crippen LogP contribution >= 0.6 is 0 Å². The van der Waals surface area contributed by atoms with Crippen LogP contribution in [-0.4, -0.2) is 41.1 Å². The largest absolute Gasteiger partial charge is 0.448 e. The van der Waals surface area contributed by atoms with Gasteiger partial charge in [0.15, 0.2) is 0 Å². The molecule has 200 valence electrons. The smallest absolute Gasteiger partial charge is 0.318 e. The summed E-state index contributed by atoms with van der Waals surface area (Å²) in [6.45, 7) is 0.946. The van der Waals surface area contributed by atoms with Crippen molar-refractivity contribution in [2.45, 2.75) is 30.5 Å². The fourth-order valence-electron chi connectivity index (χ4n) is 5.76. The fourth-order valence-corrected chi connectivity index (χ4v) is 5.76. The number of nitrogens with one attached hydrogen (secondary N) is 2. The molecule has 4 aromatic rings. The van der Waals surface area contributed by atoms with Crippen LogP contribution in [0.3, 0.4) is 0 Å². The fraction of sp³-hybridized carbons (Fsp3) is 0.241. The Labute approximate surface area is 221 Å². The number of carbonyl (C=O) groups is 1. The number of hydrogen-bond donors (Lipinski definition) is 2. The molecule has 2 aliphatic rings. The van der Waals surface area contributed by atoms with Gasteiger partial charge in [0.05, 0.1) is 17.8 Å². The van der Waals surface area contributed by atoms with Crippen LogP contribution in [0.15, 0.2) is 77.4 Å². The zero-order valence-corrected chi connectivity index (χ0v) is 20.6. The number of nitrogens with zero attached hydrogens (tertiary/aromatic N) is 2. The molecule has 0 bridgehead atoms. The summed E-state index contributed by atoms with van der Waals surface area (Å²) >= 11 is 0. The molecule has 3 atom stereocenters. The van der Waals surface area contributed by atoms with E-state index in [1.165, 1.54) is 30.5 Å². The zero-order chi connectivity index (χ0) is 27.1. The van der Waals surface area contributed by atoms with Gasteiger partial charge < -0.3 is 20.0 Å². The molecule has 2 aliphatic heterocycles. The maximum absolute atomic E-state index is 14.5. The molecule has 0 saturated carbocycles.